The Morgan fingerprint density at radius 2 is 1.71 bits per heavy atom. The fraction of sp³-hybridized carbons (Fsp3) is 0.133. The van der Waals surface area contributed by atoms with Crippen LogP contribution in [0.25, 0.3) is 0 Å². The second-order valence-electron chi connectivity index (χ2n) is 4.26. The van der Waals surface area contributed by atoms with Crippen LogP contribution in [0, 0.1) is 28.8 Å². The van der Waals surface area contributed by atoms with Crippen LogP contribution in [0.3, 0.4) is 0 Å². The predicted octanol–water partition coefficient (Wildman–Crippen LogP) is 3.07. The van der Waals surface area contributed by atoms with E-state index in [4.69, 9.17) is 10.00 Å². The van der Waals surface area contributed by atoms with Crippen molar-refractivity contribution < 1.29 is 23.0 Å². The number of methoxy groups -OCH3 is 1. The summed E-state index contributed by atoms with van der Waals surface area (Å²) in [5.74, 6) is -2.88. The second-order valence-corrected chi connectivity index (χ2v) is 4.26. The van der Waals surface area contributed by atoms with Crippen molar-refractivity contribution in [3.63, 3.8) is 0 Å². The second kappa shape index (κ2) is 5.85. The molecular formula is C15H10F3NO2. The molecule has 0 amide bonds. The van der Waals surface area contributed by atoms with Crippen molar-refractivity contribution in [3.05, 3.63) is 64.5 Å². The molecule has 1 N–H and O–H groups in total. The molecule has 0 aliphatic heterocycles. The van der Waals surface area contributed by atoms with Gasteiger partial charge in [-0.15, -0.1) is 0 Å². The Kier molecular flexibility index (Phi) is 4.15. The van der Waals surface area contributed by atoms with Crippen molar-refractivity contribution >= 4 is 0 Å². The lowest BCUT2D eigenvalue weighted by Crippen LogP contribution is -2.08. The van der Waals surface area contributed by atoms with Crippen LogP contribution in [0.4, 0.5) is 13.2 Å². The first-order valence-electron chi connectivity index (χ1n) is 5.88. The summed E-state index contributed by atoms with van der Waals surface area (Å²) in [5, 5.41) is 18.6. The summed E-state index contributed by atoms with van der Waals surface area (Å²) < 4.78 is 46.3. The largest absolute Gasteiger partial charge is 0.497 e. The highest BCUT2D eigenvalue weighted by atomic mass is 19.1. The van der Waals surface area contributed by atoms with Gasteiger partial charge in [0.1, 0.15) is 29.3 Å². The number of aliphatic hydroxyl groups is 1. The number of hydrogen-bond donors (Lipinski definition) is 1. The highest BCUT2D eigenvalue weighted by molar-refractivity contribution is 5.40. The van der Waals surface area contributed by atoms with Gasteiger partial charge in [0.25, 0.3) is 0 Å². The third-order valence-electron chi connectivity index (χ3n) is 2.98. The number of halogens is 3. The predicted molar refractivity (Wildman–Crippen MR) is 68.1 cm³/mol. The Morgan fingerprint density at radius 3 is 2.19 bits per heavy atom. The maximum absolute atomic E-state index is 13.8. The molecule has 2 aromatic rings. The van der Waals surface area contributed by atoms with Crippen molar-refractivity contribution in [3.8, 4) is 11.8 Å². The normalized spacial score (nSPS) is 11.8. The van der Waals surface area contributed by atoms with Gasteiger partial charge in [0.2, 0.25) is 0 Å². The van der Waals surface area contributed by atoms with Gasteiger partial charge in [-0.1, -0.05) is 0 Å². The minimum Gasteiger partial charge on any atom is -0.497 e. The van der Waals surface area contributed by atoms with Crippen LogP contribution < -0.4 is 4.74 Å². The van der Waals surface area contributed by atoms with Gasteiger partial charge in [-0.05, 0) is 24.3 Å². The van der Waals surface area contributed by atoms with E-state index >= 15 is 0 Å². The van der Waals surface area contributed by atoms with Gasteiger partial charge in [-0.3, -0.25) is 0 Å². The Labute approximate surface area is 118 Å². The third kappa shape index (κ3) is 2.83. The maximum Gasteiger partial charge on any atom is 0.133 e. The lowest BCUT2D eigenvalue weighted by Gasteiger charge is -2.15. The topological polar surface area (TPSA) is 53.2 Å². The summed E-state index contributed by atoms with van der Waals surface area (Å²) in [5.41, 5.74) is -1.23. The van der Waals surface area contributed by atoms with Gasteiger partial charge in [0.05, 0.1) is 24.3 Å². The Balaban J connectivity index is 2.50. The minimum absolute atomic E-state index is 0.212. The van der Waals surface area contributed by atoms with Crippen molar-refractivity contribution in [1.82, 2.24) is 0 Å². The number of nitrogens with zero attached hydrogens (tertiary/aromatic N) is 1. The number of rotatable bonds is 3. The molecule has 6 heteroatoms. The van der Waals surface area contributed by atoms with Crippen LogP contribution in [0.1, 0.15) is 22.8 Å². The van der Waals surface area contributed by atoms with E-state index in [1.54, 1.807) is 6.07 Å². The average molecular weight is 293 g/mol. The molecule has 0 bridgehead atoms. The molecular weight excluding hydrogens is 283 g/mol. The molecule has 21 heavy (non-hydrogen) atoms. The number of nitriles is 1. The molecule has 0 aliphatic rings. The first-order valence-corrected chi connectivity index (χ1v) is 5.88. The van der Waals surface area contributed by atoms with Gasteiger partial charge in [-0.2, -0.15) is 5.26 Å². The summed E-state index contributed by atoms with van der Waals surface area (Å²) >= 11 is 0. The standard InChI is InChI=1S/C15H10F3NO2/c1-21-9-2-3-10(11(16)6-9)15(20)14-12(17)4-8(7-19)5-13(14)18/h2-6,15,20H,1H3/t15-/m1/s1. The Hall–Kier alpha value is -2.52. The molecule has 3 nitrogen and oxygen atoms in total. The van der Waals surface area contributed by atoms with Crippen LogP contribution >= 0.6 is 0 Å². The number of benzene rings is 2. The van der Waals surface area contributed by atoms with Crippen LogP contribution in [0.15, 0.2) is 30.3 Å². The number of hydrogen-bond acceptors (Lipinski definition) is 3. The van der Waals surface area contributed by atoms with Gasteiger partial charge < -0.3 is 9.84 Å². The zero-order chi connectivity index (χ0) is 15.6. The van der Waals surface area contributed by atoms with E-state index in [9.17, 15) is 18.3 Å². The molecule has 2 rings (SSSR count). The van der Waals surface area contributed by atoms with Crippen LogP contribution in [-0.2, 0) is 0 Å². The average Bonchev–Trinajstić information content (AvgIpc) is 2.45. The molecule has 0 unspecified atom stereocenters. The molecule has 0 fully saturated rings. The van der Waals surface area contributed by atoms with Crippen LogP contribution in [-0.4, -0.2) is 12.2 Å². The zero-order valence-electron chi connectivity index (χ0n) is 10.9. The van der Waals surface area contributed by atoms with Crippen molar-refractivity contribution in [2.45, 2.75) is 6.10 Å². The zero-order valence-corrected chi connectivity index (χ0v) is 10.9. The van der Waals surface area contributed by atoms with E-state index in [1.165, 1.54) is 19.2 Å². The fourth-order valence-corrected chi connectivity index (χ4v) is 1.92. The molecule has 0 radical (unpaired) electrons. The number of ether oxygens (including phenoxy) is 1. The molecule has 2 aromatic carbocycles. The van der Waals surface area contributed by atoms with Crippen molar-refractivity contribution in [2.24, 2.45) is 0 Å². The van der Waals surface area contributed by atoms with Crippen LogP contribution in [0.2, 0.25) is 0 Å². The van der Waals surface area contributed by atoms with Gasteiger partial charge in [0.15, 0.2) is 0 Å². The van der Waals surface area contributed by atoms with Crippen molar-refractivity contribution in [2.75, 3.05) is 7.11 Å². The smallest absolute Gasteiger partial charge is 0.133 e. The Morgan fingerprint density at radius 1 is 1.10 bits per heavy atom. The molecule has 0 aromatic heterocycles. The maximum atomic E-state index is 13.8. The summed E-state index contributed by atoms with van der Waals surface area (Å²) in [7, 11) is 1.34. The van der Waals surface area contributed by atoms with Gasteiger partial charge in [-0.25, -0.2) is 13.2 Å². The van der Waals surface area contributed by atoms with Gasteiger partial charge >= 0.3 is 0 Å². The molecule has 0 saturated heterocycles. The van der Waals surface area contributed by atoms with E-state index in [0.29, 0.717) is 0 Å². The van der Waals surface area contributed by atoms with E-state index in [2.05, 4.69) is 0 Å². The van der Waals surface area contributed by atoms with Crippen molar-refractivity contribution in [1.29, 1.82) is 5.26 Å². The molecule has 108 valence electrons. The lowest BCUT2D eigenvalue weighted by molar-refractivity contribution is 0.204. The molecule has 0 aliphatic carbocycles. The summed E-state index contributed by atoms with van der Waals surface area (Å²) in [6.45, 7) is 0. The summed E-state index contributed by atoms with van der Waals surface area (Å²) in [6, 6.07) is 6.69. The quantitative estimate of drug-likeness (QED) is 0.946. The highest BCUT2D eigenvalue weighted by Crippen LogP contribution is 2.30. The summed E-state index contributed by atoms with van der Waals surface area (Å²) in [4.78, 5) is 0. The third-order valence-corrected chi connectivity index (χ3v) is 2.98. The number of aliphatic hydroxyl groups excluding tert-OH is 1. The summed E-state index contributed by atoms with van der Waals surface area (Å²) in [6.07, 6.45) is -1.83. The Bertz CT molecular complexity index is 702. The van der Waals surface area contributed by atoms with E-state index in [-0.39, 0.29) is 16.9 Å². The molecule has 0 heterocycles. The van der Waals surface area contributed by atoms with E-state index in [0.717, 1.165) is 18.2 Å². The minimum atomic E-state index is -1.83. The highest BCUT2D eigenvalue weighted by Gasteiger charge is 2.23. The molecule has 0 saturated carbocycles. The monoisotopic (exact) mass is 293 g/mol. The SMILES string of the molecule is COc1ccc([C@@H](O)c2c(F)cc(C#N)cc2F)c(F)c1. The molecule has 0 spiro atoms. The fourth-order valence-electron chi connectivity index (χ4n) is 1.92. The first-order chi connectivity index (χ1) is 9.97. The molecule has 1 atom stereocenters. The first kappa shape index (κ1) is 14.9. The van der Waals surface area contributed by atoms with E-state index < -0.39 is 29.1 Å². The lowest BCUT2D eigenvalue weighted by atomic mass is 9.98. The van der Waals surface area contributed by atoms with Gasteiger partial charge in [0, 0.05) is 11.6 Å². The van der Waals surface area contributed by atoms with E-state index in [1.807, 2.05) is 0 Å². The van der Waals surface area contributed by atoms with Crippen LogP contribution in [0.5, 0.6) is 5.75 Å².